The summed E-state index contributed by atoms with van der Waals surface area (Å²) in [5.41, 5.74) is 7.15. The van der Waals surface area contributed by atoms with Crippen LogP contribution in [0.5, 0.6) is 0 Å². The number of rotatable bonds is 3. The maximum absolute atomic E-state index is 9.06. The van der Waals surface area contributed by atoms with Crippen LogP contribution in [0.15, 0.2) is 30.8 Å². The summed E-state index contributed by atoms with van der Waals surface area (Å²) < 4.78 is 0. The number of nitrogens with two attached hydrogens (primary N) is 1. The van der Waals surface area contributed by atoms with Gasteiger partial charge in [-0.1, -0.05) is 30.9 Å². The molecule has 0 saturated carbocycles. The smallest absolute Gasteiger partial charge is 0.0650 e. The fraction of sp³-hybridized carbons (Fsp3) is 0.273. The molecule has 0 aliphatic carbocycles. The minimum atomic E-state index is -0.668. The van der Waals surface area contributed by atoms with Crippen LogP contribution >= 0.6 is 0 Å². The summed E-state index contributed by atoms with van der Waals surface area (Å²) in [7, 11) is 0. The minimum absolute atomic E-state index is 0.0619. The highest BCUT2D eigenvalue weighted by molar-refractivity contribution is 5.48. The van der Waals surface area contributed by atoms with Crippen molar-refractivity contribution < 1.29 is 5.11 Å². The van der Waals surface area contributed by atoms with Gasteiger partial charge in [-0.05, 0) is 24.1 Å². The molecule has 0 radical (unpaired) electrons. The van der Waals surface area contributed by atoms with Gasteiger partial charge in [-0.25, -0.2) is 0 Å². The van der Waals surface area contributed by atoms with Gasteiger partial charge in [0.2, 0.25) is 0 Å². The molecule has 0 saturated heterocycles. The highest BCUT2D eigenvalue weighted by Crippen LogP contribution is 2.18. The van der Waals surface area contributed by atoms with Crippen molar-refractivity contribution in [3.63, 3.8) is 0 Å². The van der Waals surface area contributed by atoms with Crippen molar-refractivity contribution in [2.24, 2.45) is 5.73 Å². The van der Waals surface area contributed by atoms with Gasteiger partial charge in [0.25, 0.3) is 0 Å². The van der Waals surface area contributed by atoms with Gasteiger partial charge in [-0.3, -0.25) is 0 Å². The number of aliphatic hydroxyl groups is 1. The standard InChI is InChI=1S/C11H15NO/c1-3-9-5-4-6-10(7-9)11(2,12)8-13/h3-7,13H,1,8,12H2,2H3. The lowest BCUT2D eigenvalue weighted by Gasteiger charge is -2.22. The van der Waals surface area contributed by atoms with Crippen molar-refractivity contribution in [2.45, 2.75) is 12.5 Å². The lowest BCUT2D eigenvalue weighted by Crippen LogP contribution is -2.36. The lowest BCUT2D eigenvalue weighted by molar-refractivity contribution is 0.210. The first kappa shape index (κ1) is 9.96. The first-order valence-electron chi connectivity index (χ1n) is 4.23. The average molecular weight is 177 g/mol. The van der Waals surface area contributed by atoms with Crippen LogP contribution in [0.3, 0.4) is 0 Å². The zero-order valence-electron chi connectivity index (χ0n) is 7.83. The third kappa shape index (κ3) is 2.17. The molecule has 1 aromatic rings. The van der Waals surface area contributed by atoms with E-state index in [1.807, 2.05) is 24.3 Å². The molecule has 0 bridgehead atoms. The molecular formula is C11H15NO. The molecule has 0 aliphatic rings. The molecule has 1 atom stereocenters. The third-order valence-corrected chi connectivity index (χ3v) is 2.11. The van der Waals surface area contributed by atoms with E-state index < -0.39 is 5.54 Å². The molecule has 1 unspecified atom stereocenters. The number of hydrogen-bond acceptors (Lipinski definition) is 2. The number of benzene rings is 1. The van der Waals surface area contributed by atoms with Crippen molar-refractivity contribution in [3.05, 3.63) is 42.0 Å². The molecule has 0 fully saturated rings. The molecule has 0 amide bonds. The maximum Gasteiger partial charge on any atom is 0.0650 e. The molecule has 70 valence electrons. The quantitative estimate of drug-likeness (QED) is 0.735. The molecule has 0 aliphatic heterocycles. The van der Waals surface area contributed by atoms with E-state index in [9.17, 15) is 0 Å². The van der Waals surface area contributed by atoms with E-state index in [-0.39, 0.29) is 6.61 Å². The number of aliphatic hydroxyl groups excluding tert-OH is 1. The molecule has 0 heterocycles. The maximum atomic E-state index is 9.06. The second-order valence-electron chi connectivity index (χ2n) is 3.41. The van der Waals surface area contributed by atoms with Gasteiger partial charge < -0.3 is 10.8 Å². The predicted octanol–water partition coefficient (Wildman–Crippen LogP) is 1.50. The van der Waals surface area contributed by atoms with Crippen molar-refractivity contribution in [1.82, 2.24) is 0 Å². The summed E-state index contributed by atoms with van der Waals surface area (Å²) in [6, 6.07) is 7.70. The summed E-state index contributed by atoms with van der Waals surface area (Å²) >= 11 is 0. The Hall–Kier alpha value is -1.12. The van der Waals surface area contributed by atoms with Crippen molar-refractivity contribution in [3.8, 4) is 0 Å². The van der Waals surface area contributed by atoms with Gasteiger partial charge in [0, 0.05) is 0 Å². The van der Waals surface area contributed by atoms with Crippen LogP contribution in [0.4, 0.5) is 0 Å². The Balaban J connectivity index is 3.08. The summed E-state index contributed by atoms with van der Waals surface area (Å²) in [6.45, 7) is 5.42. The Morgan fingerprint density at radius 3 is 2.85 bits per heavy atom. The summed E-state index contributed by atoms with van der Waals surface area (Å²) in [4.78, 5) is 0. The first-order chi connectivity index (χ1) is 6.10. The monoisotopic (exact) mass is 177 g/mol. The van der Waals surface area contributed by atoms with Crippen LogP contribution in [0.2, 0.25) is 0 Å². The highest BCUT2D eigenvalue weighted by atomic mass is 16.3. The molecule has 0 aromatic heterocycles. The Morgan fingerprint density at radius 2 is 2.31 bits per heavy atom. The van der Waals surface area contributed by atoms with Crippen LogP contribution in [0.1, 0.15) is 18.1 Å². The molecule has 0 spiro atoms. The third-order valence-electron chi connectivity index (χ3n) is 2.11. The predicted molar refractivity (Wildman–Crippen MR) is 55.2 cm³/mol. The molecular weight excluding hydrogens is 162 g/mol. The van der Waals surface area contributed by atoms with E-state index in [0.717, 1.165) is 11.1 Å². The summed E-state index contributed by atoms with van der Waals surface area (Å²) in [5.74, 6) is 0. The van der Waals surface area contributed by atoms with Crippen LogP contribution in [0, 0.1) is 0 Å². The molecule has 2 nitrogen and oxygen atoms in total. The van der Waals surface area contributed by atoms with Gasteiger partial charge in [0.1, 0.15) is 0 Å². The second-order valence-corrected chi connectivity index (χ2v) is 3.41. The fourth-order valence-electron chi connectivity index (χ4n) is 1.11. The zero-order valence-corrected chi connectivity index (χ0v) is 7.83. The molecule has 1 rings (SSSR count). The molecule has 1 aromatic carbocycles. The normalized spacial score (nSPS) is 15.0. The fourth-order valence-corrected chi connectivity index (χ4v) is 1.11. The van der Waals surface area contributed by atoms with Crippen molar-refractivity contribution in [2.75, 3.05) is 6.61 Å². The van der Waals surface area contributed by atoms with E-state index in [1.54, 1.807) is 13.0 Å². The van der Waals surface area contributed by atoms with E-state index in [0.29, 0.717) is 0 Å². The summed E-state index contributed by atoms with van der Waals surface area (Å²) in [5, 5.41) is 9.06. The Morgan fingerprint density at radius 1 is 1.62 bits per heavy atom. The SMILES string of the molecule is C=Cc1cccc(C(C)(N)CO)c1. The summed E-state index contributed by atoms with van der Waals surface area (Å²) in [6.07, 6.45) is 1.76. The van der Waals surface area contributed by atoms with E-state index in [4.69, 9.17) is 10.8 Å². The molecule has 2 heteroatoms. The molecule has 3 N–H and O–H groups in total. The van der Waals surface area contributed by atoms with Crippen LogP contribution in [-0.4, -0.2) is 11.7 Å². The van der Waals surface area contributed by atoms with Gasteiger partial charge in [0.05, 0.1) is 12.1 Å². The molecule has 13 heavy (non-hydrogen) atoms. The van der Waals surface area contributed by atoms with Gasteiger partial charge >= 0.3 is 0 Å². The van der Waals surface area contributed by atoms with Gasteiger partial charge in [-0.15, -0.1) is 0 Å². The zero-order chi connectivity index (χ0) is 9.90. The Bertz CT molecular complexity index is 305. The van der Waals surface area contributed by atoms with E-state index >= 15 is 0 Å². The average Bonchev–Trinajstić information content (AvgIpc) is 2.18. The Labute approximate surface area is 78.7 Å². The Kier molecular flexibility index (Phi) is 2.86. The van der Waals surface area contributed by atoms with Gasteiger partial charge in [0.15, 0.2) is 0 Å². The first-order valence-corrected chi connectivity index (χ1v) is 4.23. The largest absolute Gasteiger partial charge is 0.394 e. The van der Waals surface area contributed by atoms with Crippen LogP contribution < -0.4 is 5.73 Å². The van der Waals surface area contributed by atoms with Crippen LogP contribution in [-0.2, 0) is 5.54 Å². The van der Waals surface area contributed by atoms with Crippen molar-refractivity contribution >= 4 is 6.08 Å². The van der Waals surface area contributed by atoms with Gasteiger partial charge in [-0.2, -0.15) is 0 Å². The van der Waals surface area contributed by atoms with Crippen molar-refractivity contribution in [1.29, 1.82) is 0 Å². The highest BCUT2D eigenvalue weighted by Gasteiger charge is 2.19. The van der Waals surface area contributed by atoms with E-state index in [1.165, 1.54) is 0 Å². The lowest BCUT2D eigenvalue weighted by atomic mass is 9.93. The second kappa shape index (κ2) is 3.73. The topological polar surface area (TPSA) is 46.2 Å². The number of hydrogen-bond donors (Lipinski definition) is 2. The van der Waals surface area contributed by atoms with Crippen LogP contribution in [0.25, 0.3) is 6.08 Å². The van der Waals surface area contributed by atoms with E-state index in [2.05, 4.69) is 6.58 Å². The minimum Gasteiger partial charge on any atom is -0.394 e.